The number of aliphatic imine (C=N–C) groups is 2. The van der Waals surface area contributed by atoms with Gasteiger partial charge in [0.2, 0.25) is 0 Å². The van der Waals surface area contributed by atoms with Crippen molar-refractivity contribution in [1.82, 2.24) is 10.3 Å². The Labute approximate surface area is 201 Å². The number of likely N-dealkylation sites (N-methyl/N-ethyl adjacent to an activating group) is 1. The molecular formula is C25H36N6OS. The lowest BCUT2D eigenvalue weighted by Crippen LogP contribution is -2.10. The number of nitrogens with zero attached hydrogens (tertiary/aromatic N) is 3. The minimum absolute atomic E-state index is 0.102. The summed E-state index contributed by atoms with van der Waals surface area (Å²) in [6, 6.07) is 7.56. The Kier molecular flexibility index (Phi) is 12.4. The van der Waals surface area contributed by atoms with Gasteiger partial charge in [-0.2, -0.15) is 0 Å². The highest BCUT2D eigenvalue weighted by atomic mass is 32.1. The molecule has 2 rings (SSSR count). The fourth-order valence-electron chi connectivity index (χ4n) is 2.73. The number of amides is 1. The number of carbonyl (C=O) groups is 1. The van der Waals surface area contributed by atoms with Gasteiger partial charge in [-0.05, 0) is 45.4 Å². The molecule has 0 aliphatic rings. The Morgan fingerprint density at radius 3 is 2.58 bits per heavy atom. The van der Waals surface area contributed by atoms with E-state index in [9.17, 15) is 4.79 Å². The fourth-order valence-corrected chi connectivity index (χ4v) is 3.41. The standard InChI is InChI=1S/C22H28N6OS.C3H8/c1-6-19(24-5)20(11-23)26-12-14(2)27-15(3)17-8-7-9-18(10-17)28-22(29)21-13-25-16(4)30-21;1-3-2/h6-13,15,24H,23H2,1-5H3,(H,28,29);3H2,1-2H3/b19-6-,20-11+,26-12?,27-14?;. The molecule has 1 amide bonds. The molecule has 0 saturated carbocycles. The molecule has 178 valence electrons. The first-order valence-electron chi connectivity index (χ1n) is 11.0. The molecule has 7 nitrogen and oxygen atoms in total. The van der Waals surface area contributed by atoms with E-state index >= 15 is 0 Å². The molecule has 1 atom stereocenters. The summed E-state index contributed by atoms with van der Waals surface area (Å²) in [6.07, 6.45) is 7.88. The lowest BCUT2D eigenvalue weighted by atomic mass is 10.1. The summed E-state index contributed by atoms with van der Waals surface area (Å²) < 4.78 is 0. The van der Waals surface area contributed by atoms with E-state index in [2.05, 4.69) is 39.4 Å². The number of aryl methyl sites for hydroxylation is 1. The third-order valence-electron chi connectivity index (χ3n) is 4.25. The van der Waals surface area contributed by atoms with Crippen molar-refractivity contribution in [3.63, 3.8) is 0 Å². The van der Waals surface area contributed by atoms with Crippen molar-refractivity contribution in [1.29, 1.82) is 0 Å². The van der Waals surface area contributed by atoms with Crippen molar-refractivity contribution in [2.24, 2.45) is 15.7 Å². The number of anilines is 1. The highest BCUT2D eigenvalue weighted by Gasteiger charge is 2.11. The predicted molar refractivity (Wildman–Crippen MR) is 142 cm³/mol. The first kappa shape index (κ1) is 27.8. The average molecular weight is 469 g/mol. The van der Waals surface area contributed by atoms with Crippen LogP contribution in [0.4, 0.5) is 5.69 Å². The van der Waals surface area contributed by atoms with Gasteiger partial charge in [0.1, 0.15) is 10.6 Å². The quantitative estimate of drug-likeness (QED) is 0.344. The van der Waals surface area contributed by atoms with Gasteiger partial charge in [-0.25, -0.2) is 4.98 Å². The van der Waals surface area contributed by atoms with Crippen LogP contribution in [0.3, 0.4) is 0 Å². The summed E-state index contributed by atoms with van der Waals surface area (Å²) in [4.78, 5) is 26.2. The summed E-state index contributed by atoms with van der Waals surface area (Å²) in [7, 11) is 1.82. The minimum atomic E-state index is -0.164. The molecule has 1 unspecified atom stereocenters. The van der Waals surface area contributed by atoms with E-state index in [-0.39, 0.29) is 11.9 Å². The molecule has 0 fully saturated rings. The van der Waals surface area contributed by atoms with Crippen LogP contribution in [0.15, 0.2) is 64.1 Å². The second-order valence-corrected chi connectivity index (χ2v) is 8.47. The van der Waals surface area contributed by atoms with E-state index in [1.54, 1.807) is 12.4 Å². The monoisotopic (exact) mass is 468 g/mol. The van der Waals surface area contributed by atoms with Crippen LogP contribution in [0.25, 0.3) is 0 Å². The van der Waals surface area contributed by atoms with Crippen LogP contribution in [0, 0.1) is 6.92 Å². The van der Waals surface area contributed by atoms with E-state index in [0.29, 0.717) is 10.6 Å². The van der Waals surface area contributed by atoms with Crippen molar-refractivity contribution in [2.75, 3.05) is 12.4 Å². The molecule has 1 aromatic heterocycles. The highest BCUT2D eigenvalue weighted by molar-refractivity contribution is 7.13. The number of nitrogens with two attached hydrogens (primary N) is 1. The Morgan fingerprint density at radius 2 is 2.03 bits per heavy atom. The lowest BCUT2D eigenvalue weighted by molar-refractivity contribution is 0.103. The van der Waals surface area contributed by atoms with E-state index in [0.717, 1.165) is 27.7 Å². The molecule has 0 bridgehead atoms. The van der Waals surface area contributed by atoms with E-state index in [1.807, 2.05) is 65.1 Å². The Balaban J connectivity index is 0.00000172. The first-order valence-corrected chi connectivity index (χ1v) is 11.8. The summed E-state index contributed by atoms with van der Waals surface area (Å²) >= 11 is 1.37. The number of nitrogens with one attached hydrogen (secondary N) is 2. The largest absolute Gasteiger partial charge is 0.403 e. The van der Waals surface area contributed by atoms with Crippen LogP contribution in [0.2, 0.25) is 0 Å². The summed E-state index contributed by atoms with van der Waals surface area (Å²) in [5, 5.41) is 6.82. The zero-order valence-electron chi connectivity index (χ0n) is 20.6. The number of allylic oxidation sites excluding steroid dienone is 1. The smallest absolute Gasteiger partial charge is 0.267 e. The fraction of sp³-hybridized carbons (Fsp3) is 0.360. The number of benzene rings is 1. The SMILES string of the molecule is C/C=C(NC)/C(=C\N)N=CC(C)=NC(C)c1cccc(NC(=O)c2cnc(C)s2)c1.CCC. The normalized spacial score (nSPS) is 13.4. The summed E-state index contributed by atoms with van der Waals surface area (Å²) in [5.41, 5.74) is 9.63. The zero-order valence-corrected chi connectivity index (χ0v) is 21.5. The Bertz CT molecular complexity index is 1020. The van der Waals surface area contributed by atoms with Crippen LogP contribution in [0.1, 0.15) is 67.3 Å². The van der Waals surface area contributed by atoms with Crippen LogP contribution in [-0.2, 0) is 0 Å². The van der Waals surface area contributed by atoms with Crippen molar-refractivity contribution >= 4 is 34.9 Å². The van der Waals surface area contributed by atoms with Crippen molar-refractivity contribution in [3.05, 3.63) is 69.6 Å². The van der Waals surface area contributed by atoms with Crippen LogP contribution >= 0.6 is 11.3 Å². The lowest BCUT2D eigenvalue weighted by Gasteiger charge is -2.11. The molecule has 0 spiro atoms. The summed E-state index contributed by atoms with van der Waals surface area (Å²) in [6.45, 7) is 11.9. The molecule has 0 aliphatic carbocycles. The molecule has 4 N–H and O–H groups in total. The maximum absolute atomic E-state index is 12.4. The zero-order chi connectivity index (χ0) is 24.8. The number of hydrogen-bond acceptors (Lipinski definition) is 7. The van der Waals surface area contributed by atoms with Crippen molar-refractivity contribution in [2.45, 2.75) is 54.0 Å². The number of carbonyl (C=O) groups excluding carboxylic acids is 1. The van der Waals surface area contributed by atoms with Crippen molar-refractivity contribution < 1.29 is 4.79 Å². The molecule has 1 heterocycles. The highest BCUT2D eigenvalue weighted by Crippen LogP contribution is 2.22. The second-order valence-electron chi connectivity index (χ2n) is 7.24. The minimum Gasteiger partial charge on any atom is -0.403 e. The first-order chi connectivity index (χ1) is 15.8. The van der Waals surface area contributed by atoms with Gasteiger partial charge >= 0.3 is 0 Å². The Morgan fingerprint density at radius 1 is 1.33 bits per heavy atom. The average Bonchev–Trinajstić information content (AvgIpc) is 3.24. The van der Waals surface area contributed by atoms with Gasteiger partial charge < -0.3 is 16.4 Å². The van der Waals surface area contributed by atoms with Crippen molar-refractivity contribution in [3.8, 4) is 0 Å². The van der Waals surface area contributed by atoms with Gasteiger partial charge in [0.15, 0.2) is 0 Å². The van der Waals surface area contributed by atoms with Gasteiger partial charge in [0, 0.05) is 25.1 Å². The van der Waals surface area contributed by atoms with Crippen LogP contribution in [0.5, 0.6) is 0 Å². The number of aromatic nitrogens is 1. The van der Waals surface area contributed by atoms with Crippen LogP contribution in [-0.4, -0.2) is 29.9 Å². The molecule has 0 saturated heterocycles. The number of hydrogen-bond donors (Lipinski definition) is 3. The van der Waals surface area contributed by atoms with Gasteiger partial charge in [-0.1, -0.05) is 38.5 Å². The van der Waals surface area contributed by atoms with Gasteiger partial charge in [-0.15, -0.1) is 11.3 Å². The third-order valence-corrected chi connectivity index (χ3v) is 5.16. The van der Waals surface area contributed by atoms with Gasteiger partial charge in [0.05, 0.1) is 28.7 Å². The molecule has 0 aliphatic heterocycles. The molecule has 0 radical (unpaired) electrons. The molecule has 1 aromatic carbocycles. The summed E-state index contributed by atoms with van der Waals surface area (Å²) in [5.74, 6) is -0.164. The maximum Gasteiger partial charge on any atom is 0.267 e. The van der Waals surface area contributed by atoms with Gasteiger partial charge in [-0.3, -0.25) is 14.8 Å². The van der Waals surface area contributed by atoms with Gasteiger partial charge in [0.25, 0.3) is 5.91 Å². The van der Waals surface area contributed by atoms with E-state index < -0.39 is 0 Å². The molecule has 33 heavy (non-hydrogen) atoms. The number of thiazole rings is 1. The predicted octanol–water partition coefficient (Wildman–Crippen LogP) is 5.64. The molecule has 8 heteroatoms. The van der Waals surface area contributed by atoms with Crippen LogP contribution < -0.4 is 16.4 Å². The molecule has 2 aromatic rings. The van der Waals surface area contributed by atoms with E-state index in [4.69, 9.17) is 5.73 Å². The second kappa shape index (κ2) is 14.7. The number of rotatable bonds is 8. The maximum atomic E-state index is 12.4. The molecular weight excluding hydrogens is 432 g/mol. The third kappa shape index (κ3) is 9.41. The topological polar surface area (TPSA) is 105 Å². The van der Waals surface area contributed by atoms with E-state index in [1.165, 1.54) is 24.0 Å². The Hall–Kier alpha value is -3.26.